The van der Waals surface area contributed by atoms with Gasteiger partial charge in [0.15, 0.2) is 0 Å². The Morgan fingerprint density at radius 1 is 1.23 bits per heavy atom. The number of carbonyl (C=O) groups is 2. The molecule has 0 bridgehead atoms. The summed E-state index contributed by atoms with van der Waals surface area (Å²) in [6.45, 7) is 3.39. The summed E-state index contributed by atoms with van der Waals surface area (Å²) in [6.07, 6.45) is 6.36. The highest BCUT2D eigenvalue weighted by atomic mass is 16.6. The molecule has 0 aromatic carbocycles. The Kier molecular flexibility index (Phi) is 3.91. The van der Waals surface area contributed by atoms with E-state index in [0.717, 1.165) is 0 Å². The Labute approximate surface area is 128 Å². The number of hydrogen-bond acceptors (Lipinski definition) is 6. The topological polar surface area (TPSA) is 79.6 Å². The van der Waals surface area contributed by atoms with Gasteiger partial charge >= 0.3 is 11.9 Å². The summed E-state index contributed by atoms with van der Waals surface area (Å²) < 4.78 is 10.3. The molecule has 2 aliphatic rings. The molecule has 2 rings (SSSR count). The first kappa shape index (κ1) is 15.6. The Morgan fingerprint density at radius 3 is 2.50 bits per heavy atom. The van der Waals surface area contributed by atoms with Crippen molar-refractivity contribution in [2.45, 2.75) is 19.4 Å². The van der Waals surface area contributed by atoms with Crippen LogP contribution in [0.2, 0.25) is 0 Å². The minimum Gasteiger partial charge on any atom is -0.451 e. The highest BCUT2D eigenvalue weighted by Crippen LogP contribution is 2.33. The van der Waals surface area contributed by atoms with E-state index in [2.05, 4.69) is 0 Å². The van der Waals surface area contributed by atoms with Crippen LogP contribution in [-0.2, 0) is 19.1 Å². The molecule has 2 aliphatic heterocycles. The van der Waals surface area contributed by atoms with Gasteiger partial charge < -0.3 is 14.4 Å². The third kappa shape index (κ3) is 2.93. The normalized spacial score (nSPS) is 22.0. The van der Waals surface area contributed by atoms with Crippen LogP contribution >= 0.6 is 0 Å². The Hall–Kier alpha value is -2.81. The number of ether oxygens (including phenoxy) is 2. The molecule has 0 fully saturated rings. The largest absolute Gasteiger partial charge is 0.451 e. The van der Waals surface area contributed by atoms with E-state index in [0.29, 0.717) is 16.9 Å². The van der Waals surface area contributed by atoms with Crippen LogP contribution in [0.1, 0.15) is 13.8 Å². The van der Waals surface area contributed by atoms with Gasteiger partial charge in [0.2, 0.25) is 0 Å². The van der Waals surface area contributed by atoms with Crippen LogP contribution in [0.3, 0.4) is 0 Å². The molecule has 0 atom stereocenters. The van der Waals surface area contributed by atoms with Crippen molar-refractivity contribution in [3.05, 3.63) is 46.9 Å². The second kappa shape index (κ2) is 5.53. The van der Waals surface area contributed by atoms with E-state index in [1.165, 1.54) is 0 Å². The summed E-state index contributed by atoms with van der Waals surface area (Å²) in [5, 5.41) is 9.06. The number of esters is 2. The number of nitriles is 1. The summed E-state index contributed by atoms with van der Waals surface area (Å²) in [7, 11) is 3.60. The van der Waals surface area contributed by atoms with E-state index < -0.39 is 17.5 Å². The zero-order valence-electron chi connectivity index (χ0n) is 12.8. The summed E-state index contributed by atoms with van der Waals surface area (Å²) in [4.78, 5) is 25.0. The lowest BCUT2D eigenvalue weighted by molar-refractivity contribution is -0.144. The molecule has 0 aromatic heterocycles. The van der Waals surface area contributed by atoms with Crippen LogP contribution in [0, 0.1) is 11.3 Å². The molecule has 0 unspecified atom stereocenters. The average molecular weight is 300 g/mol. The maximum absolute atomic E-state index is 11.7. The van der Waals surface area contributed by atoms with Gasteiger partial charge in [0.05, 0.1) is 5.57 Å². The Morgan fingerprint density at radius 2 is 1.91 bits per heavy atom. The van der Waals surface area contributed by atoms with Crippen LogP contribution < -0.4 is 0 Å². The van der Waals surface area contributed by atoms with Crippen LogP contribution in [0.25, 0.3) is 0 Å². The second-order valence-electron chi connectivity index (χ2n) is 5.62. The van der Waals surface area contributed by atoms with Crippen molar-refractivity contribution in [2.24, 2.45) is 0 Å². The zero-order chi connectivity index (χ0) is 16.5. The van der Waals surface area contributed by atoms with Gasteiger partial charge in [-0.2, -0.15) is 5.26 Å². The second-order valence-corrected chi connectivity index (χ2v) is 5.62. The quantitative estimate of drug-likeness (QED) is 0.581. The summed E-state index contributed by atoms with van der Waals surface area (Å²) in [6, 6.07) is 1.85. The van der Waals surface area contributed by atoms with Gasteiger partial charge in [-0.1, -0.05) is 0 Å². The van der Waals surface area contributed by atoms with Crippen molar-refractivity contribution in [3.63, 3.8) is 0 Å². The molecule has 0 radical (unpaired) electrons. The van der Waals surface area contributed by atoms with E-state index >= 15 is 0 Å². The molecule has 22 heavy (non-hydrogen) atoms. The number of carbonyl (C=O) groups excluding carboxylic acids is 2. The predicted octanol–water partition coefficient (Wildman–Crippen LogP) is 1.58. The predicted molar refractivity (Wildman–Crippen MR) is 77.9 cm³/mol. The SMILES string of the molecule is CN(C)C=C1C=C(/C=C/C2=C(C#N)C(=O)OC2(C)C)OC1=O. The molecule has 0 aliphatic carbocycles. The van der Waals surface area contributed by atoms with Crippen LogP contribution in [0.5, 0.6) is 0 Å². The van der Waals surface area contributed by atoms with Crippen molar-refractivity contribution in [1.29, 1.82) is 5.26 Å². The lowest BCUT2D eigenvalue weighted by Gasteiger charge is -2.18. The van der Waals surface area contributed by atoms with Crippen LogP contribution in [0.15, 0.2) is 46.9 Å². The standard InChI is InChI=1S/C16H16N2O4/c1-16(2)13(12(8-17)15(20)22-16)6-5-11-7-10(9-18(3)4)14(19)21-11/h5-7,9H,1-4H3/b6-5+,10-9?. The molecule has 6 heteroatoms. The first-order valence-corrected chi connectivity index (χ1v) is 6.63. The highest BCUT2D eigenvalue weighted by molar-refractivity contribution is 5.98. The van der Waals surface area contributed by atoms with Crippen molar-refractivity contribution < 1.29 is 19.1 Å². The molecule has 0 N–H and O–H groups in total. The Bertz CT molecular complexity index is 700. The first-order chi connectivity index (χ1) is 10.2. The maximum atomic E-state index is 11.7. The zero-order valence-corrected chi connectivity index (χ0v) is 12.8. The lowest BCUT2D eigenvalue weighted by Crippen LogP contribution is -2.22. The van der Waals surface area contributed by atoms with E-state index in [1.54, 1.807) is 57.3 Å². The number of nitrogens with zero attached hydrogens (tertiary/aromatic N) is 2. The summed E-state index contributed by atoms with van der Waals surface area (Å²) in [5.74, 6) is -0.739. The van der Waals surface area contributed by atoms with Gasteiger partial charge in [0.25, 0.3) is 0 Å². The molecule has 0 amide bonds. The highest BCUT2D eigenvalue weighted by Gasteiger charge is 2.39. The molecule has 0 aromatic rings. The molecule has 0 saturated carbocycles. The molecule has 114 valence electrons. The van der Waals surface area contributed by atoms with Gasteiger partial charge in [-0.05, 0) is 32.1 Å². The van der Waals surface area contributed by atoms with Gasteiger partial charge in [0.1, 0.15) is 23.0 Å². The minimum absolute atomic E-state index is 0.0322. The Balaban J connectivity index is 2.30. The summed E-state index contributed by atoms with van der Waals surface area (Å²) in [5.41, 5.74) is -0.0289. The molecule has 0 spiro atoms. The number of hydrogen-bond donors (Lipinski definition) is 0. The van der Waals surface area contributed by atoms with Gasteiger partial charge in [-0.25, -0.2) is 9.59 Å². The van der Waals surface area contributed by atoms with Crippen molar-refractivity contribution in [2.75, 3.05) is 14.1 Å². The number of cyclic esters (lactones) is 2. The van der Waals surface area contributed by atoms with Crippen LogP contribution in [-0.4, -0.2) is 36.5 Å². The lowest BCUT2D eigenvalue weighted by atomic mass is 9.95. The monoisotopic (exact) mass is 300 g/mol. The molecular formula is C16H16N2O4. The summed E-state index contributed by atoms with van der Waals surface area (Å²) >= 11 is 0. The third-order valence-electron chi connectivity index (χ3n) is 3.14. The van der Waals surface area contributed by atoms with Crippen molar-refractivity contribution >= 4 is 11.9 Å². The van der Waals surface area contributed by atoms with E-state index in [1.807, 2.05) is 6.07 Å². The molecular weight excluding hydrogens is 284 g/mol. The molecule has 2 heterocycles. The van der Waals surface area contributed by atoms with E-state index in [9.17, 15) is 9.59 Å². The van der Waals surface area contributed by atoms with Crippen LogP contribution in [0.4, 0.5) is 0 Å². The van der Waals surface area contributed by atoms with E-state index in [-0.39, 0.29) is 5.57 Å². The first-order valence-electron chi connectivity index (χ1n) is 6.63. The fourth-order valence-corrected chi connectivity index (χ4v) is 2.16. The van der Waals surface area contributed by atoms with Crippen molar-refractivity contribution in [3.8, 4) is 6.07 Å². The maximum Gasteiger partial charge on any atom is 0.350 e. The van der Waals surface area contributed by atoms with E-state index in [4.69, 9.17) is 14.7 Å². The minimum atomic E-state index is -0.885. The average Bonchev–Trinajstić information content (AvgIpc) is 2.83. The number of allylic oxidation sites excluding steroid dienone is 1. The number of rotatable bonds is 3. The fourth-order valence-electron chi connectivity index (χ4n) is 2.16. The fraction of sp³-hybridized carbons (Fsp3) is 0.312. The smallest absolute Gasteiger partial charge is 0.350 e. The van der Waals surface area contributed by atoms with Gasteiger partial charge in [-0.15, -0.1) is 0 Å². The van der Waals surface area contributed by atoms with Gasteiger partial charge in [0, 0.05) is 25.9 Å². The van der Waals surface area contributed by atoms with Crippen molar-refractivity contribution in [1.82, 2.24) is 4.90 Å². The molecule has 0 saturated heterocycles. The van der Waals surface area contributed by atoms with Gasteiger partial charge in [-0.3, -0.25) is 0 Å². The third-order valence-corrected chi connectivity index (χ3v) is 3.14. The molecule has 6 nitrogen and oxygen atoms in total.